The zero-order valence-corrected chi connectivity index (χ0v) is 13.2. The van der Waals surface area contributed by atoms with E-state index in [-0.39, 0.29) is 11.9 Å². The zero-order chi connectivity index (χ0) is 15.7. The van der Waals surface area contributed by atoms with E-state index in [2.05, 4.69) is 25.5 Å². The van der Waals surface area contributed by atoms with Crippen molar-refractivity contribution in [3.05, 3.63) is 34.7 Å². The molecule has 2 aromatic rings. The molecule has 1 amide bonds. The van der Waals surface area contributed by atoms with Gasteiger partial charge in [0.25, 0.3) is 0 Å². The normalized spacial score (nSPS) is 17.3. The van der Waals surface area contributed by atoms with Gasteiger partial charge in [-0.05, 0) is 25.8 Å². The van der Waals surface area contributed by atoms with E-state index in [4.69, 9.17) is 0 Å². The number of aromatic nitrogens is 4. The molecule has 0 aromatic carbocycles. The predicted molar refractivity (Wildman–Crippen MR) is 82.4 cm³/mol. The third kappa shape index (κ3) is 2.64. The summed E-state index contributed by atoms with van der Waals surface area (Å²) in [5.41, 5.74) is 5.16. The first kappa shape index (κ1) is 14.8. The van der Waals surface area contributed by atoms with Crippen LogP contribution in [0.15, 0.2) is 6.33 Å². The Kier molecular flexibility index (Phi) is 3.98. The summed E-state index contributed by atoms with van der Waals surface area (Å²) in [4.78, 5) is 21.9. The molecule has 0 saturated carbocycles. The second kappa shape index (κ2) is 5.92. The van der Waals surface area contributed by atoms with E-state index in [0.717, 1.165) is 42.2 Å². The molecule has 118 valence electrons. The van der Waals surface area contributed by atoms with Gasteiger partial charge in [0.2, 0.25) is 5.91 Å². The maximum absolute atomic E-state index is 12.7. The SMILES string of the molecule is Cc1n[nH]c(C)c1CCN(C)C(=O)[C@H]1NCCc2[nH]cnc21. The monoisotopic (exact) mass is 302 g/mol. The fourth-order valence-electron chi connectivity index (χ4n) is 2.98. The average Bonchev–Trinajstić information content (AvgIpc) is 3.11. The number of likely N-dealkylation sites (N-methyl/N-ethyl adjacent to an activating group) is 1. The molecule has 0 spiro atoms. The molecule has 0 fully saturated rings. The molecule has 0 bridgehead atoms. The summed E-state index contributed by atoms with van der Waals surface area (Å²) in [5.74, 6) is 0.0619. The van der Waals surface area contributed by atoms with Gasteiger partial charge in [-0.1, -0.05) is 0 Å². The topological polar surface area (TPSA) is 89.7 Å². The third-order valence-electron chi connectivity index (χ3n) is 4.35. The summed E-state index contributed by atoms with van der Waals surface area (Å²) in [6.45, 7) is 5.45. The Morgan fingerprint density at radius 1 is 1.45 bits per heavy atom. The molecule has 7 nitrogen and oxygen atoms in total. The van der Waals surface area contributed by atoms with Gasteiger partial charge in [0, 0.05) is 37.9 Å². The van der Waals surface area contributed by atoms with Crippen LogP contribution in [0.5, 0.6) is 0 Å². The fraction of sp³-hybridized carbons (Fsp3) is 0.533. The predicted octanol–water partition coefficient (Wildman–Crippen LogP) is 0.638. The number of amides is 1. The minimum atomic E-state index is -0.341. The van der Waals surface area contributed by atoms with Crippen molar-refractivity contribution in [2.45, 2.75) is 32.7 Å². The van der Waals surface area contributed by atoms with Crippen LogP contribution in [0.2, 0.25) is 0 Å². The lowest BCUT2D eigenvalue weighted by molar-refractivity contribution is -0.132. The molecule has 7 heteroatoms. The van der Waals surface area contributed by atoms with Crippen molar-refractivity contribution < 1.29 is 4.79 Å². The van der Waals surface area contributed by atoms with Crippen LogP contribution in [-0.4, -0.2) is 51.1 Å². The van der Waals surface area contributed by atoms with Gasteiger partial charge < -0.3 is 15.2 Å². The molecule has 1 atom stereocenters. The van der Waals surface area contributed by atoms with Crippen LogP contribution in [-0.2, 0) is 17.6 Å². The molecule has 0 unspecified atom stereocenters. The summed E-state index contributed by atoms with van der Waals surface area (Å²) < 4.78 is 0. The highest BCUT2D eigenvalue weighted by atomic mass is 16.2. The van der Waals surface area contributed by atoms with Gasteiger partial charge in [0.1, 0.15) is 6.04 Å². The number of hydrogen-bond donors (Lipinski definition) is 3. The van der Waals surface area contributed by atoms with Crippen molar-refractivity contribution in [2.75, 3.05) is 20.1 Å². The Morgan fingerprint density at radius 2 is 2.27 bits per heavy atom. The maximum atomic E-state index is 12.7. The van der Waals surface area contributed by atoms with Crippen LogP contribution in [0.1, 0.15) is 34.4 Å². The van der Waals surface area contributed by atoms with Crippen LogP contribution in [0.4, 0.5) is 0 Å². The first-order valence-corrected chi connectivity index (χ1v) is 7.59. The van der Waals surface area contributed by atoms with Crippen LogP contribution in [0.25, 0.3) is 0 Å². The molecule has 22 heavy (non-hydrogen) atoms. The average molecular weight is 302 g/mol. The Morgan fingerprint density at radius 3 is 3.00 bits per heavy atom. The number of fused-ring (bicyclic) bond motifs is 1. The molecule has 1 aliphatic rings. The molecular weight excluding hydrogens is 280 g/mol. The number of aromatic amines is 2. The highest BCUT2D eigenvalue weighted by Crippen LogP contribution is 2.21. The molecule has 2 aromatic heterocycles. The van der Waals surface area contributed by atoms with E-state index in [9.17, 15) is 4.79 Å². The van der Waals surface area contributed by atoms with Crippen LogP contribution < -0.4 is 5.32 Å². The second-order valence-electron chi connectivity index (χ2n) is 5.83. The van der Waals surface area contributed by atoms with E-state index in [1.165, 1.54) is 5.56 Å². The van der Waals surface area contributed by atoms with Crippen molar-refractivity contribution in [1.29, 1.82) is 0 Å². The minimum Gasteiger partial charge on any atom is -0.348 e. The van der Waals surface area contributed by atoms with E-state index in [0.29, 0.717) is 6.54 Å². The van der Waals surface area contributed by atoms with Gasteiger partial charge in [-0.25, -0.2) is 4.98 Å². The number of nitrogens with zero attached hydrogens (tertiary/aromatic N) is 3. The Bertz CT molecular complexity index is 654. The molecule has 3 rings (SSSR count). The van der Waals surface area contributed by atoms with Crippen molar-refractivity contribution >= 4 is 5.91 Å². The number of rotatable bonds is 4. The van der Waals surface area contributed by atoms with Crippen molar-refractivity contribution in [3.8, 4) is 0 Å². The van der Waals surface area contributed by atoms with Crippen molar-refractivity contribution in [3.63, 3.8) is 0 Å². The smallest absolute Gasteiger partial charge is 0.245 e. The molecule has 3 heterocycles. The second-order valence-corrected chi connectivity index (χ2v) is 5.83. The first-order chi connectivity index (χ1) is 10.6. The lowest BCUT2D eigenvalue weighted by Crippen LogP contribution is -2.43. The zero-order valence-electron chi connectivity index (χ0n) is 13.2. The van der Waals surface area contributed by atoms with Gasteiger partial charge in [0.05, 0.1) is 17.7 Å². The van der Waals surface area contributed by atoms with Gasteiger partial charge in [-0.2, -0.15) is 5.10 Å². The number of hydrogen-bond acceptors (Lipinski definition) is 4. The third-order valence-corrected chi connectivity index (χ3v) is 4.35. The number of nitrogens with one attached hydrogen (secondary N) is 3. The standard InChI is InChI=1S/C15H22N6O/c1-9-11(10(2)20-19-9)5-7-21(3)15(22)14-13-12(4-6-16-14)17-8-18-13/h8,14,16H,4-7H2,1-3H3,(H,17,18)(H,19,20)/t14-/m0/s1. The Balaban J connectivity index is 1.66. The van der Waals surface area contributed by atoms with Crippen molar-refractivity contribution in [2.24, 2.45) is 0 Å². The number of carbonyl (C=O) groups excluding carboxylic acids is 1. The molecule has 0 saturated heterocycles. The molecule has 0 aliphatic carbocycles. The van der Waals surface area contributed by atoms with Gasteiger partial charge >= 0.3 is 0 Å². The van der Waals surface area contributed by atoms with Gasteiger partial charge in [0.15, 0.2) is 0 Å². The van der Waals surface area contributed by atoms with Crippen molar-refractivity contribution in [1.82, 2.24) is 30.4 Å². The molecule has 3 N–H and O–H groups in total. The fourth-order valence-corrected chi connectivity index (χ4v) is 2.98. The highest BCUT2D eigenvalue weighted by molar-refractivity contribution is 5.83. The van der Waals surface area contributed by atoms with Crippen LogP contribution >= 0.6 is 0 Å². The molecule has 0 radical (unpaired) electrons. The minimum absolute atomic E-state index is 0.0619. The summed E-state index contributed by atoms with van der Waals surface area (Å²) in [5, 5.41) is 10.4. The summed E-state index contributed by atoms with van der Waals surface area (Å²) in [6.07, 6.45) is 3.35. The van der Waals surface area contributed by atoms with E-state index >= 15 is 0 Å². The summed E-state index contributed by atoms with van der Waals surface area (Å²) in [7, 11) is 1.84. The number of aryl methyl sites for hydroxylation is 2. The quantitative estimate of drug-likeness (QED) is 0.773. The van der Waals surface area contributed by atoms with E-state index < -0.39 is 0 Å². The number of carbonyl (C=O) groups is 1. The lowest BCUT2D eigenvalue weighted by Gasteiger charge is -2.27. The Hall–Kier alpha value is -2.15. The van der Waals surface area contributed by atoms with Gasteiger partial charge in [-0.3, -0.25) is 9.89 Å². The largest absolute Gasteiger partial charge is 0.348 e. The molecule has 1 aliphatic heterocycles. The van der Waals surface area contributed by atoms with E-state index in [1.807, 2.05) is 20.9 Å². The van der Waals surface area contributed by atoms with E-state index in [1.54, 1.807) is 11.2 Å². The summed E-state index contributed by atoms with van der Waals surface area (Å²) in [6, 6.07) is -0.341. The Labute approximate surface area is 129 Å². The highest BCUT2D eigenvalue weighted by Gasteiger charge is 2.30. The summed E-state index contributed by atoms with van der Waals surface area (Å²) >= 11 is 0. The molecular formula is C15H22N6O. The lowest BCUT2D eigenvalue weighted by atomic mass is 10.0. The number of imidazole rings is 1. The van der Waals surface area contributed by atoms with Crippen LogP contribution in [0.3, 0.4) is 0 Å². The maximum Gasteiger partial charge on any atom is 0.245 e. The number of H-pyrrole nitrogens is 2. The first-order valence-electron chi connectivity index (χ1n) is 7.59. The van der Waals surface area contributed by atoms with Gasteiger partial charge in [-0.15, -0.1) is 0 Å². The van der Waals surface area contributed by atoms with Crippen LogP contribution in [0, 0.1) is 13.8 Å².